The number of esters is 4. The second-order valence-corrected chi connectivity index (χ2v) is 13.4. The highest BCUT2D eigenvalue weighted by Crippen LogP contribution is 2.45. The Balaban J connectivity index is 2.89. The van der Waals surface area contributed by atoms with Gasteiger partial charge in [-0.05, 0) is 57.8 Å². The topological polar surface area (TPSA) is 185 Å². The predicted octanol–water partition coefficient (Wildman–Crippen LogP) is 3.39. The summed E-state index contributed by atoms with van der Waals surface area (Å²) in [4.78, 5) is 60.4. The van der Waals surface area contributed by atoms with Crippen LogP contribution in [-0.4, -0.2) is 92.7 Å². The van der Waals surface area contributed by atoms with E-state index in [9.17, 15) is 29.1 Å². The summed E-state index contributed by atoms with van der Waals surface area (Å²) < 4.78 is 31.6. The summed E-state index contributed by atoms with van der Waals surface area (Å²) >= 11 is 0. The van der Waals surface area contributed by atoms with Crippen molar-refractivity contribution in [2.45, 2.75) is 92.4 Å². The minimum atomic E-state index is -1.52. The third kappa shape index (κ3) is 16.2. The molecule has 0 spiro atoms. The molecule has 0 aromatic heterocycles. The molecule has 1 fully saturated rings. The quantitative estimate of drug-likeness (QED) is 0.0781. The Morgan fingerprint density at radius 3 is 1.50 bits per heavy atom. The number of aliphatic hydroxyl groups excluding tert-OH is 1. The Hall–Kier alpha value is -4.01. The molecule has 14 nitrogen and oxygen atoms in total. The van der Waals surface area contributed by atoms with Crippen molar-refractivity contribution in [3.63, 3.8) is 0 Å². The lowest BCUT2D eigenvalue weighted by atomic mass is 9.62. The number of nitrogens with one attached hydrogen (secondary N) is 2. The highest BCUT2D eigenvalue weighted by molar-refractivity contribution is 5.88. The standard InChI is InChI=1S/C34H52N2O12/c1-20(2)27(37)43-14-25(15-44-28(38)21(3)4)47-31(41)35-19-34(11)13-24(12-33(9,10)18-34)36-32(42)48-26(16-45-29(39)22(5)6)17-46-30(40)23(7)8/h24-26,32,36,42H,1,3,5,7,12-19H2,2,4,6,8-11H3,(H,35,41)/t24?,32-,34?/m1/s1. The van der Waals surface area contributed by atoms with Gasteiger partial charge in [-0.15, -0.1) is 0 Å². The highest BCUT2D eigenvalue weighted by atomic mass is 16.7. The van der Waals surface area contributed by atoms with Gasteiger partial charge in [0.25, 0.3) is 0 Å². The Morgan fingerprint density at radius 2 is 1.10 bits per heavy atom. The second-order valence-electron chi connectivity index (χ2n) is 13.4. The Kier molecular flexibility index (Phi) is 16.7. The molecule has 1 aliphatic carbocycles. The van der Waals surface area contributed by atoms with Crippen LogP contribution in [0, 0.1) is 10.8 Å². The van der Waals surface area contributed by atoms with Gasteiger partial charge in [-0.3, -0.25) is 5.32 Å². The van der Waals surface area contributed by atoms with Crippen LogP contribution in [0.4, 0.5) is 4.79 Å². The largest absolute Gasteiger partial charge is 0.459 e. The maximum absolute atomic E-state index is 12.8. The number of amides is 1. The molecule has 0 aromatic rings. The van der Waals surface area contributed by atoms with Crippen LogP contribution in [0.15, 0.2) is 48.6 Å². The molecule has 1 aliphatic rings. The van der Waals surface area contributed by atoms with Gasteiger partial charge in [0.05, 0.1) is 0 Å². The minimum Gasteiger partial charge on any atom is -0.459 e. The zero-order valence-electron chi connectivity index (χ0n) is 29.2. The number of ether oxygens (including phenoxy) is 6. The lowest BCUT2D eigenvalue weighted by Crippen LogP contribution is -2.52. The number of hydrogen-bond acceptors (Lipinski definition) is 13. The first-order valence-corrected chi connectivity index (χ1v) is 15.5. The average Bonchev–Trinajstić information content (AvgIpc) is 2.96. The van der Waals surface area contributed by atoms with Crippen LogP contribution in [0.25, 0.3) is 0 Å². The van der Waals surface area contributed by atoms with Crippen LogP contribution in [0.1, 0.15) is 67.7 Å². The normalized spacial score (nSPS) is 19.0. The molecule has 1 amide bonds. The van der Waals surface area contributed by atoms with Crippen molar-refractivity contribution in [2.75, 3.05) is 33.0 Å². The van der Waals surface area contributed by atoms with Crippen LogP contribution >= 0.6 is 0 Å². The van der Waals surface area contributed by atoms with Crippen molar-refractivity contribution < 1.29 is 57.5 Å². The van der Waals surface area contributed by atoms with E-state index in [0.29, 0.717) is 19.3 Å². The van der Waals surface area contributed by atoms with E-state index in [0.717, 1.165) is 0 Å². The van der Waals surface area contributed by atoms with Gasteiger partial charge in [0, 0.05) is 34.9 Å². The number of hydrogen-bond donors (Lipinski definition) is 3. The minimum absolute atomic E-state index is 0.150. The molecule has 3 N–H and O–H groups in total. The average molecular weight is 681 g/mol. The Bertz CT molecular complexity index is 1180. The summed E-state index contributed by atoms with van der Waals surface area (Å²) in [6.45, 7) is 24.9. The molecule has 1 rings (SSSR count). The van der Waals surface area contributed by atoms with Gasteiger partial charge < -0.3 is 38.8 Å². The number of rotatable bonds is 19. The summed E-state index contributed by atoms with van der Waals surface area (Å²) in [5.74, 6) is -2.71. The zero-order chi connectivity index (χ0) is 36.8. The summed E-state index contributed by atoms with van der Waals surface area (Å²) in [5, 5.41) is 16.6. The van der Waals surface area contributed by atoms with Crippen LogP contribution in [0.5, 0.6) is 0 Å². The van der Waals surface area contributed by atoms with Crippen LogP contribution in [-0.2, 0) is 47.6 Å². The summed E-state index contributed by atoms with van der Waals surface area (Å²) in [5.41, 5.74) is -0.0615. The monoisotopic (exact) mass is 680 g/mol. The molecule has 0 radical (unpaired) electrons. The third-order valence-corrected chi connectivity index (χ3v) is 7.07. The summed E-state index contributed by atoms with van der Waals surface area (Å²) in [6, 6.07) is -0.279. The highest BCUT2D eigenvalue weighted by Gasteiger charge is 2.42. The smallest absolute Gasteiger partial charge is 0.407 e. The first kappa shape index (κ1) is 42.0. The summed E-state index contributed by atoms with van der Waals surface area (Å²) in [7, 11) is 0. The van der Waals surface area contributed by atoms with E-state index in [-0.39, 0.29) is 66.7 Å². The van der Waals surface area contributed by atoms with Crippen molar-refractivity contribution in [3.8, 4) is 0 Å². The van der Waals surface area contributed by atoms with E-state index < -0.39 is 54.0 Å². The number of carbonyl (C=O) groups is 5. The zero-order valence-corrected chi connectivity index (χ0v) is 29.2. The second kappa shape index (κ2) is 19.1. The van der Waals surface area contributed by atoms with Crippen LogP contribution < -0.4 is 10.6 Å². The van der Waals surface area contributed by atoms with Crippen molar-refractivity contribution in [1.82, 2.24) is 10.6 Å². The van der Waals surface area contributed by atoms with Crippen molar-refractivity contribution in [2.24, 2.45) is 10.8 Å². The maximum atomic E-state index is 12.8. The molecule has 3 atom stereocenters. The van der Waals surface area contributed by atoms with E-state index in [1.807, 2.05) is 6.92 Å². The number of aliphatic hydroxyl groups is 1. The van der Waals surface area contributed by atoms with E-state index >= 15 is 0 Å². The van der Waals surface area contributed by atoms with Gasteiger partial charge in [0.15, 0.2) is 6.10 Å². The van der Waals surface area contributed by atoms with Crippen LogP contribution in [0.3, 0.4) is 0 Å². The van der Waals surface area contributed by atoms with E-state index in [4.69, 9.17) is 28.4 Å². The van der Waals surface area contributed by atoms with Gasteiger partial charge in [0.2, 0.25) is 6.41 Å². The molecule has 1 saturated carbocycles. The molecule has 48 heavy (non-hydrogen) atoms. The number of alkyl carbamates (subject to hydrolysis) is 1. The van der Waals surface area contributed by atoms with Gasteiger partial charge >= 0.3 is 30.0 Å². The molecule has 0 aromatic carbocycles. The first-order chi connectivity index (χ1) is 22.1. The van der Waals surface area contributed by atoms with E-state index in [2.05, 4.69) is 50.8 Å². The lowest BCUT2D eigenvalue weighted by molar-refractivity contribution is -0.193. The predicted molar refractivity (Wildman–Crippen MR) is 175 cm³/mol. The SMILES string of the molecule is C=C(C)C(=O)OCC(COC(=O)C(=C)C)OC(=O)NCC1(C)CC(N[C@H](O)OC(COC(=O)C(=C)C)COC(=O)C(=C)C)CC(C)(C)C1. The molecule has 2 unspecified atom stereocenters. The van der Waals surface area contributed by atoms with Gasteiger partial charge in [-0.2, -0.15) is 0 Å². The van der Waals surface area contributed by atoms with Gasteiger partial charge in [-0.1, -0.05) is 47.1 Å². The van der Waals surface area contributed by atoms with Crippen molar-refractivity contribution >= 4 is 30.0 Å². The van der Waals surface area contributed by atoms with Gasteiger partial charge in [0.1, 0.15) is 32.5 Å². The molecule has 0 bridgehead atoms. The molecule has 0 heterocycles. The maximum Gasteiger partial charge on any atom is 0.407 e. The summed E-state index contributed by atoms with van der Waals surface area (Å²) in [6.07, 6.45) is -2.56. The van der Waals surface area contributed by atoms with E-state index in [1.54, 1.807) is 0 Å². The van der Waals surface area contributed by atoms with E-state index in [1.165, 1.54) is 27.7 Å². The Labute approximate surface area is 282 Å². The van der Waals surface area contributed by atoms with Crippen molar-refractivity contribution in [3.05, 3.63) is 48.6 Å². The molecule has 0 aliphatic heterocycles. The Morgan fingerprint density at radius 1 is 0.708 bits per heavy atom. The molecule has 14 heteroatoms. The fraction of sp³-hybridized carbons (Fsp3) is 0.618. The first-order valence-electron chi connectivity index (χ1n) is 15.5. The fourth-order valence-corrected chi connectivity index (χ4v) is 5.20. The lowest BCUT2D eigenvalue weighted by Gasteiger charge is -2.47. The van der Waals surface area contributed by atoms with Crippen LogP contribution in [0.2, 0.25) is 0 Å². The fourth-order valence-electron chi connectivity index (χ4n) is 5.20. The van der Waals surface area contributed by atoms with Gasteiger partial charge in [-0.25, -0.2) is 24.0 Å². The molecule has 270 valence electrons. The third-order valence-electron chi connectivity index (χ3n) is 7.07. The van der Waals surface area contributed by atoms with Crippen molar-refractivity contribution in [1.29, 1.82) is 0 Å². The molecular weight excluding hydrogens is 628 g/mol. The molecular formula is C34H52N2O12. The molecule has 0 saturated heterocycles. The number of carbonyl (C=O) groups excluding carboxylic acids is 5.